The van der Waals surface area contributed by atoms with Gasteiger partial charge in [0.1, 0.15) is 0 Å². The molecule has 0 bridgehead atoms. The molecule has 0 spiro atoms. The van der Waals surface area contributed by atoms with Crippen molar-refractivity contribution in [2.75, 3.05) is 39.8 Å². The van der Waals surface area contributed by atoms with Crippen molar-refractivity contribution < 1.29 is 0 Å². The number of hydrogen-bond donors (Lipinski definition) is 2. The van der Waals surface area contributed by atoms with Crippen LogP contribution in [-0.2, 0) is 6.54 Å². The van der Waals surface area contributed by atoms with Gasteiger partial charge in [-0.1, -0.05) is 13.8 Å². The third kappa shape index (κ3) is 6.60. The Morgan fingerprint density at radius 3 is 2.57 bits per heavy atom. The second-order valence-corrected chi connectivity index (χ2v) is 6.75. The lowest BCUT2D eigenvalue weighted by Gasteiger charge is -2.35. The molecule has 1 aromatic heterocycles. The van der Waals surface area contributed by atoms with E-state index in [1.165, 1.54) is 19.5 Å². The first-order valence-electron chi connectivity index (χ1n) is 8.81. The van der Waals surface area contributed by atoms with Crippen LogP contribution in [0.3, 0.4) is 0 Å². The summed E-state index contributed by atoms with van der Waals surface area (Å²) in [5.41, 5.74) is 0. The van der Waals surface area contributed by atoms with Crippen LogP contribution in [0.1, 0.15) is 26.7 Å². The van der Waals surface area contributed by atoms with Gasteiger partial charge in [0.15, 0.2) is 5.96 Å². The molecule has 0 saturated carbocycles. The fourth-order valence-corrected chi connectivity index (χ4v) is 3.41. The minimum absolute atomic E-state index is 0.818. The number of aromatic nitrogens is 2. The average Bonchev–Trinajstić information content (AvgIpc) is 3.02. The molecule has 2 unspecified atom stereocenters. The molecule has 2 rings (SSSR count). The molecule has 0 aliphatic carbocycles. The maximum Gasteiger partial charge on any atom is 0.191 e. The number of nitrogens with zero attached hydrogens (tertiary/aromatic N) is 4. The third-order valence-electron chi connectivity index (χ3n) is 4.30. The molecule has 2 N–H and O–H groups in total. The summed E-state index contributed by atoms with van der Waals surface area (Å²) in [6.45, 7) is 11.0. The molecule has 0 radical (unpaired) electrons. The summed E-state index contributed by atoms with van der Waals surface area (Å²) < 4.78 is 1.95. The zero-order valence-corrected chi connectivity index (χ0v) is 14.8. The van der Waals surface area contributed by atoms with E-state index in [1.807, 2.05) is 30.2 Å². The average molecular weight is 320 g/mol. The summed E-state index contributed by atoms with van der Waals surface area (Å²) in [4.78, 5) is 6.85. The maximum atomic E-state index is 4.29. The van der Waals surface area contributed by atoms with E-state index in [2.05, 4.69) is 39.5 Å². The van der Waals surface area contributed by atoms with Crippen molar-refractivity contribution in [3.05, 3.63) is 18.5 Å². The molecule has 2 heterocycles. The number of aryl methyl sites for hydroxylation is 1. The van der Waals surface area contributed by atoms with Gasteiger partial charge >= 0.3 is 0 Å². The summed E-state index contributed by atoms with van der Waals surface area (Å²) in [7, 11) is 1.83. The second kappa shape index (κ2) is 9.55. The van der Waals surface area contributed by atoms with Gasteiger partial charge < -0.3 is 15.5 Å². The minimum atomic E-state index is 0.818. The van der Waals surface area contributed by atoms with E-state index in [-0.39, 0.29) is 0 Å². The van der Waals surface area contributed by atoms with Crippen molar-refractivity contribution in [2.24, 2.45) is 16.8 Å². The first-order valence-corrected chi connectivity index (χ1v) is 8.81. The molecule has 23 heavy (non-hydrogen) atoms. The molecule has 6 nitrogen and oxygen atoms in total. The minimum Gasteiger partial charge on any atom is -0.356 e. The first-order chi connectivity index (χ1) is 11.2. The lowest BCUT2D eigenvalue weighted by Crippen LogP contribution is -2.45. The number of aliphatic imine (C=N–C) groups is 1. The number of hydrogen-bond acceptors (Lipinski definition) is 3. The lowest BCUT2D eigenvalue weighted by atomic mass is 9.92. The summed E-state index contributed by atoms with van der Waals surface area (Å²) in [6, 6.07) is 1.95. The highest BCUT2D eigenvalue weighted by Gasteiger charge is 2.21. The molecule has 1 aromatic rings. The summed E-state index contributed by atoms with van der Waals surface area (Å²) in [5.74, 6) is 2.53. The summed E-state index contributed by atoms with van der Waals surface area (Å²) in [6.07, 6.45) is 6.21. The third-order valence-corrected chi connectivity index (χ3v) is 4.30. The molecular formula is C17H32N6. The number of guanidine groups is 1. The quantitative estimate of drug-likeness (QED) is 0.453. The number of piperidine rings is 1. The Morgan fingerprint density at radius 1 is 1.17 bits per heavy atom. The van der Waals surface area contributed by atoms with E-state index in [4.69, 9.17) is 0 Å². The molecule has 6 heteroatoms. The fourth-order valence-electron chi connectivity index (χ4n) is 3.41. The van der Waals surface area contributed by atoms with Crippen LogP contribution < -0.4 is 10.6 Å². The molecular weight excluding hydrogens is 288 g/mol. The van der Waals surface area contributed by atoms with Crippen LogP contribution in [0.2, 0.25) is 0 Å². The fraction of sp³-hybridized carbons (Fsp3) is 0.765. The summed E-state index contributed by atoms with van der Waals surface area (Å²) in [5, 5.41) is 11.0. The topological polar surface area (TPSA) is 57.5 Å². The molecule has 1 fully saturated rings. The first kappa shape index (κ1) is 17.8. The van der Waals surface area contributed by atoms with Crippen LogP contribution in [0.25, 0.3) is 0 Å². The van der Waals surface area contributed by atoms with Crippen LogP contribution in [-0.4, -0.2) is 60.4 Å². The standard InChI is InChI=1S/C17H32N6/c1-15-12-16(2)14-22(13-15)11-8-20-17(18-3)19-6-4-9-23-10-5-7-21-23/h5,7,10,15-16H,4,6,8-9,11-14H2,1-3H3,(H2,18,19,20). The Morgan fingerprint density at radius 2 is 1.91 bits per heavy atom. The lowest BCUT2D eigenvalue weighted by molar-refractivity contribution is 0.143. The van der Waals surface area contributed by atoms with Crippen molar-refractivity contribution >= 4 is 5.96 Å². The van der Waals surface area contributed by atoms with Crippen LogP contribution >= 0.6 is 0 Å². The van der Waals surface area contributed by atoms with Gasteiger partial charge in [-0.2, -0.15) is 5.10 Å². The molecule has 0 aromatic carbocycles. The van der Waals surface area contributed by atoms with Crippen molar-refractivity contribution in [3.8, 4) is 0 Å². The van der Waals surface area contributed by atoms with E-state index in [0.717, 1.165) is 50.4 Å². The zero-order chi connectivity index (χ0) is 16.5. The smallest absolute Gasteiger partial charge is 0.191 e. The van der Waals surface area contributed by atoms with Crippen molar-refractivity contribution in [3.63, 3.8) is 0 Å². The van der Waals surface area contributed by atoms with E-state index in [0.29, 0.717) is 0 Å². The highest BCUT2D eigenvalue weighted by Crippen LogP contribution is 2.20. The maximum absolute atomic E-state index is 4.29. The highest BCUT2D eigenvalue weighted by molar-refractivity contribution is 5.79. The molecule has 1 aliphatic rings. The van der Waals surface area contributed by atoms with Crippen LogP contribution in [0.15, 0.2) is 23.5 Å². The van der Waals surface area contributed by atoms with E-state index in [1.54, 1.807) is 0 Å². The van der Waals surface area contributed by atoms with Gasteiger partial charge in [0, 0.05) is 58.7 Å². The zero-order valence-electron chi connectivity index (χ0n) is 14.8. The molecule has 0 amide bonds. The predicted molar refractivity (Wildman–Crippen MR) is 95.6 cm³/mol. The van der Waals surface area contributed by atoms with Gasteiger partial charge in [0.05, 0.1) is 0 Å². The predicted octanol–water partition coefficient (Wildman–Crippen LogP) is 1.42. The molecule has 2 atom stereocenters. The number of nitrogens with one attached hydrogen (secondary N) is 2. The van der Waals surface area contributed by atoms with E-state index in [9.17, 15) is 0 Å². The monoisotopic (exact) mass is 320 g/mol. The molecule has 130 valence electrons. The van der Waals surface area contributed by atoms with E-state index < -0.39 is 0 Å². The Hall–Kier alpha value is -1.56. The van der Waals surface area contributed by atoms with Crippen molar-refractivity contribution in [1.82, 2.24) is 25.3 Å². The largest absolute Gasteiger partial charge is 0.356 e. The number of rotatable bonds is 7. The van der Waals surface area contributed by atoms with Gasteiger partial charge in [0.25, 0.3) is 0 Å². The van der Waals surface area contributed by atoms with Gasteiger partial charge in [-0.25, -0.2) is 0 Å². The molecule has 1 aliphatic heterocycles. The Bertz CT molecular complexity index is 446. The van der Waals surface area contributed by atoms with Gasteiger partial charge in [0.2, 0.25) is 0 Å². The van der Waals surface area contributed by atoms with Crippen LogP contribution in [0.4, 0.5) is 0 Å². The Balaban J connectivity index is 1.57. The van der Waals surface area contributed by atoms with Crippen LogP contribution in [0.5, 0.6) is 0 Å². The Kier molecular flexibility index (Phi) is 7.39. The van der Waals surface area contributed by atoms with Gasteiger partial charge in [-0.15, -0.1) is 0 Å². The highest BCUT2D eigenvalue weighted by atomic mass is 15.3. The van der Waals surface area contributed by atoms with Crippen LogP contribution in [0, 0.1) is 11.8 Å². The normalized spacial score (nSPS) is 23.0. The van der Waals surface area contributed by atoms with Crippen molar-refractivity contribution in [2.45, 2.75) is 33.2 Å². The SMILES string of the molecule is CN=C(NCCCn1cccn1)NCCN1CC(C)CC(C)C1. The van der Waals surface area contributed by atoms with Gasteiger partial charge in [-0.3, -0.25) is 9.67 Å². The molecule has 1 saturated heterocycles. The second-order valence-electron chi connectivity index (χ2n) is 6.75. The summed E-state index contributed by atoms with van der Waals surface area (Å²) >= 11 is 0. The van der Waals surface area contributed by atoms with E-state index >= 15 is 0 Å². The van der Waals surface area contributed by atoms with Crippen molar-refractivity contribution in [1.29, 1.82) is 0 Å². The van der Waals surface area contributed by atoms with Gasteiger partial charge in [-0.05, 0) is 30.7 Å². The Labute approximate surface area is 140 Å². The number of likely N-dealkylation sites (tertiary alicyclic amines) is 1.